The number of rotatable bonds is 19. The van der Waals surface area contributed by atoms with Gasteiger partial charge in [0.2, 0.25) is 0 Å². The van der Waals surface area contributed by atoms with Crippen molar-refractivity contribution in [3.63, 3.8) is 0 Å². The second-order valence-corrected chi connectivity index (χ2v) is 22.3. The number of piperidine rings is 2. The van der Waals surface area contributed by atoms with E-state index in [1.54, 1.807) is 26.5 Å². The molecule has 16 nitrogen and oxygen atoms in total. The molecule has 17 heteroatoms. The average molecular weight is 1050 g/mol. The van der Waals surface area contributed by atoms with Gasteiger partial charge in [0, 0.05) is 111 Å². The number of ether oxygens (including phenoxy) is 4. The van der Waals surface area contributed by atoms with Gasteiger partial charge >= 0.3 is 0 Å². The lowest BCUT2D eigenvalue weighted by Gasteiger charge is -2.35. The Labute approximate surface area is 452 Å². The van der Waals surface area contributed by atoms with Crippen molar-refractivity contribution in [3.05, 3.63) is 82.9 Å². The molecule has 2 aliphatic carbocycles. The number of nitrogens with zero attached hydrogens (tertiary/aromatic N) is 10. The minimum Gasteiger partial charge on any atom is -0.488 e. The monoisotopic (exact) mass is 1050 g/mol. The molecule has 6 aliphatic rings. The third-order valence-corrected chi connectivity index (χ3v) is 17.3. The summed E-state index contributed by atoms with van der Waals surface area (Å²) in [6.45, 7) is 11.1. The lowest BCUT2D eigenvalue weighted by Crippen LogP contribution is -2.39. The van der Waals surface area contributed by atoms with Gasteiger partial charge in [0.15, 0.2) is 17.3 Å². The van der Waals surface area contributed by atoms with Gasteiger partial charge in [-0.1, -0.05) is 6.42 Å². The molecular formula is C60H77FN12O4. The largest absolute Gasteiger partial charge is 0.488 e. The Hall–Kier alpha value is -6.33. The van der Waals surface area contributed by atoms with Crippen molar-refractivity contribution in [1.82, 2.24) is 39.7 Å². The third kappa shape index (κ3) is 11.5. The molecule has 4 fully saturated rings. The van der Waals surface area contributed by atoms with E-state index in [0.717, 1.165) is 181 Å². The Kier molecular flexibility index (Phi) is 15.8. The van der Waals surface area contributed by atoms with E-state index < -0.39 is 0 Å². The fraction of sp³-hybridized carbons (Fsp3) is 0.567. The summed E-state index contributed by atoms with van der Waals surface area (Å²) in [7, 11) is 3.35. The summed E-state index contributed by atoms with van der Waals surface area (Å²) < 4.78 is 39.1. The van der Waals surface area contributed by atoms with Gasteiger partial charge < -0.3 is 49.2 Å². The number of halogens is 1. The highest BCUT2D eigenvalue weighted by Gasteiger charge is 2.30. The Balaban J connectivity index is 0.639. The number of fused-ring (bicyclic) bond motifs is 4. The first-order valence-corrected chi connectivity index (χ1v) is 29.0. The van der Waals surface area contributed by atoms with E-state index in [1.807, 2.05) is 18.3 Å². The quantitative estimate of drug-likeness (QED) is 0.0585. The van der Waals surface area contributed by atoms with Crippen LogP contribution >= 0.6 is 0 Å². The van der Waals surface area contributed by atoms with Gasteiger partial charge in [0.25, 0.3) is 11.8 Å². The van der Waals surface area contributed by atoms with Crippen LogP contribution in [0.1, 0.15) is 118 Å². The van der Waals surface area contributed by atoms with E-state index in [9.17, 15) is 4.39 Å². The number of likely N-dealkylation sites (tertiary alicyclic amines) is 2. The molecule has 0 spiro atoms. The molecule has 2 N–H and O–H groups in total. The zero-order chi connectivity index (χ0) is 52.1. The lowest BCUT2D eigenvalue weighted by molar-refractivity contribution is 0.251. The summed E-state index contributed by atoms with van der Waals surface area (Å²) >= 11 is 0. The average Bonchev–Trinajstić information content (AvgIpc) is 4.28. The topological polar surface area (TPSA) is 151 Å². The van der Waals surface area contributed by atoms with Crippen molar-refractivity contribution in [1.29, 1.82) is 0 Å². The van der Waals surface area contributed by atoms with E-state index in [-0.39, 0.29) is 11.9 Å². The summed E-state index contributed by atoms with van der Waals surface area (Å²) in [5.41, 5.74) is 13.6. The van der Waals surface area contributed by atoms with Gasteiger partial charge in [0.05, 0.1) is 61.7 Å². The number of hydrogen-bond acceptors (Lipinski definition) is 16. The van der Waals surface area contributed by atoms with Crippen LogP contribution in [0.3, 0.4) is 0 Å². The van der Waals surface area contributed by atoms with Crippen molar-refractivity contribution in [3.8, 4) is 23.3 Å². The fourth-order valence-corrected chi connectivity index (χ4v) is 13.1. The standard InChI is InChI=1S/C60H77FN12O4/c1-74-59-53(76-33-9-26-70-24-6-7-25-70)37-51-58(69-59)56(45-12-8-14-48(45)67-51)64-41-18-29-72(30-19-41)43-15-23-63-49(35-43)40-17-28-71(39-40)27-10-34-77-54-36-50-57(68-60(54)75-2)55(44-11-4-3-5-13-47(44)66-50)65-42-20-31-73(32-21-42)52-16-22-62-38-46(52)61/h15-16,22-23,35-38,40-42H,3-14,17-21,24-34,39H2,1-2H3,(H,64,67)(H,65,66). The van der Waals surface area contributed by atoms with Gasteiger partial charge in [-0.2, -0.15) is 0 Å². The van der Waals surface area contributed by atoms with E-state index in [2.05, 4.69) is 47.3 Å². The number of aryl methyl sites for hydroxylation is 2. The molecule has 0 bridgehead atoms. The summed E-state index contributed by atoms with van der Waals surface area (Å²) in [5.74, 6) is 2.44. The highest BCUT2D eigenvalue weighted by atomic mass is 19.1. The molecule has 6 aromatic rings. The molecule has 408 valence electrons. The SMILES string of the molecule is COc1nc2c(NC3CCN(c4ccnc(C5CCN(CCCOc6cc7nc8c(c(NC9CCN(c%10ccncc%10F)CC9)c7nc6OC)CCCCC8)C5)c4)CC3)c3c(nc2cc1OCCCN1CCCC1)CCC3. The third-order valence-electron chi connectivity index (χ3n) is 17.3. The van der Waals surface area contributed by atoms with Crippen molar-refractivity contribution in [2.24, 2.45) is 0 Å². The first kappa shape index (κ1) is 51.4. The Morgan fingerprint density at radius 1 is 0.597 bits per heavy atom. The molecule has 77 heavy (non-hydrogen) atoms. The summed E-state index contributed by atoms with van der Waals surface area (Å²) in [4.78, 5) is 39.1. The minimum absolute atomic E-state index is 0.231. The molecule has 0 radical (unpaired) electrons. The van der Waals surface area contributed by atoms with E-state index in [4.69, 9.17) is 43.9 Å². The molecule has 0 aromatic carbocycles. The number of hydrogen-bond donors (Lipinski definition) is 2. The van der Waals surface area contributed by atoms with Crippen LogP contribution in [-0.2, 0) is 25.7 Å². The van der Waals surface area contributed by atoms with Crippen molar-refractivity contribution < 1.29 is 23.3 Å². The minimum atomic E-state index is -0.270. The number of nitrogens with one attached hydrogen (secondary N) is 2. The fourth-order valence-electron chi connectivity index (χ4n) is 13.1. The van der Waals surface area contributed by atoms with Crippen molar-refractivity contribution in [2.45, 2.75) is 127 Å². The predicted octanol–water partition coefficient (Wildman–Crippen LogP) is 9.56. The summed E-state index contributed by atoms with van der Waals surface area (Å²) in [6, 6.07) is 10.9. The number of methoxy groups -OCH3 is 2. The maximum atomic E-state index is 14.6. The maximum absolute atomic E-state index is 14.6. The number of pyridine rings is 6. The molecule has 6 aromatic heterocycles. The molecule has 12 rings (SSSR count). The van der Waals surface area contributed by atoms with Crippen LogP contribution < -0.4 is 39.4 Å². The van der Waals surface area contributed by atoms with Crippen LogP contribution in [0.15, 0.2) is 48.9 Å². The number of aromatic nitrogens is 6. The highest BCUT2D eigenvalue weighted by Crippen LogP contribution is 2.41. The molecule has 1 unspecified atom stereocenters. The first-order chi connectivity index (χ1) is 37.9. The Morgan fingerprint density at radius 2 is 1.19 bits per heavy atom. The smallest absolute Gasteiger partial charge is 0.257 e. The Bertz CT molecular complexity index is 3010. The van der Waals surface area contributed by atoms with E-state index in [1.165, 1.54) is 66.8 Å². The van der Waals surface area contributed by atoms with E-state index in [0.29, 0.717) is 54.1 Å². The summed E-state index contributed by atoms with van der Waals surface area (Å²) in [5, 5.41) is 7.94. The molecule has 1 atom stereocenters. The maximum Gasteiger partial charge on any atom is 0.257 e. The first-order valence-electron chi connectivity index (χ1n) is 29.0. The molecule has 10 heterocycles. The van der Waals surface area contributed by atoms with Crippen LogP contribution in [0.25, 0.3) is 22.1 Å². The molecule has 0 amide bonds. The van der Waals surface area contributed by atoms with Gasteiger partial charge in [-0.25, -0.2) is 14.4 Å². The van der Waals surface area contributed by atoms with Crippen LogP contribution in [0, 0.1) is 5.82 Å². The van der Waals surface area contributed by atoms with Gasteiger partial charge in [-0.05, 0) is 152 Å². The number of anilines is 4. The molecular weight excluding hydrogens is 972 g/mol. The van der Waals surface area contributed by atoms with Crippen LogP contribution in [0.2, 0.25) is 0 Å². The highest BCUT2D eigenvalue weighted by molar-refractivity contribution is 5.93. The van der Waals surface area contributed by atoms with Gasteiger partial charge in [-0.3, -0.25) is 19.9 Å². The molecule has 4 saturated heterocycles. The van der Waals surface area contributed by atoms with Crippen molar-refractivity contribution in [2.75, 3.05) is 113 Å². The lowest BCUT2D eigenvalue weighted by atomic mass is 10.00. The predicted molar refractivity (Wildman–Crippen MR) is 301 cm³/mol. The van der Waals surface area contributed by atoms with Gasteiger partial charge in [0.1, 0.15) is 11.0 Å². The zero-order valence-electron chi connectivity index (χ0n) is 45.3. The van der Waals surface area contributed by atoms with Gasteiger partial charge in [-0.15, -0.1) is 0 Å². The van der Waals surface area contributed by atoms with Crippen LogP contribution in [0.5, 0.6) is 23.3 Å². The second-order valence-electron chi connectivity index (χ2n) is 22.3. The molecule has 0 saturated carbocycles. The summed E-state index contributed by atoms with van der Waals surface area (Å²) in [6.07, 6.45) is 22.9. The second kappa shape index (κ2) is 23.7. The van der Waals surface area contributed by atoms with E-state index >= 15 is 0 Å². The normalized spacial score (nSPS) is 19.6. The zero-order valence-corrected chi connectivity index (χ0v) is 45.3. The molecule has 4 aliphatic heterocycles. The Morgan fingerprint density at radius 3 is 1.83 bits per heavy atom. The van der Waals surface area contributed by atoms with Crippen LogP contribution in [0.4, 0.5) is 27.1 Å². The van der Waals surface area contributed by atoms with Crippen LogP contribution in [-0.4, -0.2) is 145 Å². The van der Waals surface area contributed by atoms with Crippen molar-refractivity contribution >= 4 is 44.8 Å².